The third-order valence-electron chi connectivity index (χ3n) is 10.4. The Labute approximate surface area is 326 Å². The second kappa shape index (κ2) is 14.6. The third kappa shape index (κ3) is 5.43. The number of para-hydroxylation sites is 2. The highest BCUT2D eigenvalue weighted by atomic mass is 15.0. The van der Waals surface area contributed by atoms with Crippen molar-refractivity contribution < 1.29 is 0 Å². The lowest BCUT2D eigenvalue weighted by Gasteiger charge is -2.13. The molecule has 0 saturated carbocycles. The molecule has 0 fully saturated rings. The van der Waals surface area contributed by atoms with Gasteiger partial charge in [-0.15, -0.1) is 0 Å². The highest BCUT2D eigenvalue weighted by Gasteiger charge is 2.24. The molecular weight excluding hydrogens is 683 g/mol. The molecule has 11 rings (SSSR count). The molecule has 6 aromatic carbocycles. The van der Waals surface area contributed by atoms with E-state index in [9.17, 15) is 0 Å². The molecule has 0 bridgehead atoms. The maximum Gasteiger partial charge on any atom is 0.0915 e. The predicted octanol–water partition coefficient (Wildman–Crippen LogP) is 13.8. The van der Waals surface area contributed by atoms with Gasteiger partial charge in [0.2, 0.25) is 0 Å². The van der Waals surface area contributed by atoms with Crippen molar-refractivity contribution in [1.29, 1.82) is 0 Å². The van der Waals surface area contributed by atoms with Gasteiger partial charge in [0, 0.05) is 45.0 Å². The molecular formula is C51H41N5. The quantitative estimate of drug-likeness (QED) is 0.170. The molecule has 56 heavy (non-hydrogen) atoms. The highest BCUT2D eigenvalue weighted by Crippen LogP contribution is 2.47. The summed E-state index contributed by atoms with van der Waals surface area (Å²) in [7, 11) is 0. The van der Waals surface area contributed by atoms with E-state index in [0.717, 1.165) is 45.2 Å². The van der Waals surface area contributed by atoms with Crippen molar-refractivity contribution in [3.05, 3.63) is 176 Å². The van der Waals surface area contributed by atoms with Crippen LogP contribution < -0.4 is 0 Å². The molecule has 0 aliphatic heterocycles. The Bertz CT molecular complexity index is 3100. The standard InChI is InChI=1S/C47H29N5.2C2H6/c1-2-14-30(15-3-1)52-43-25-24-42-44(46(43)45-34-18-6-4-16-32(34)33-17-5-7-19-35(33)47(45)52)36-20-8-9-23-41(36)51(42)31-28-39(37-21-10-12-26-48-37)50-40(29-31)38-22-11-13-27-49-38;2*1-2/h1-29H;2*1-2H3. The molecule has 0 N–H and O–H groups in total. The third-order valence-corrected chi connectivity index (χ3v) is 10.4. The van der Waals surface area contributed by atoms with E-state index in [1.807, 2.05) is 76.5 Å². The van der Waals surface area contributed by atoms with Crippen molar-refractivity contribution in [2.24, 2.45) is 0 Å². The first-order chi connectivity index (χ1) is 27.8. The van der Waals surface area contributed by atoms with Crippen molar-refractivity contribution in [2.75, 3.05) is 0 Å². The molecule has 5 heteroatoms. The van der Waals surface area contributed by atoms with E-state index in [1.165, 1.54) is 54.1 Å². The summed E-state index contributed by atoms with van der Waals surface area (Å²) in [4.78, 5) is 14.5. The van der Waals surface area contributed by atoms with E-state index in [2.05, 4.69) is 137 Å². The number of pyridine rings is 3. The summed E-state index contributed by atoms with van der Waals surface area (Å²) in [6.07, 6.45) is 3.63. The zero-order valence-corrected chi connectivity index (χ0v) is 32.0. The predicted molar refractivity (Wildman–Crippen MR) is 237 cm³/mol. The minimum absolute atomic E-state index is 0.795. The molecule has 0 saturated heterocycles. The Kier molecular flexibility index (Phi) is 9.04. The van der Waals surface area contributed by atoms with Crippen molar-refractivity contribution in [3.63, 3.8) is 0 Å². The van der Waals surface area contributed by atoms with Crippen molar-refractivity contribution >= 4 is 65.2 Å². The number of hydrogen-bond donors (Lipinski definition) is 0. The van der Waals surface area contributed by atoms with Crippen LogP contribution in [0.2, 0.25) is 0 Å². The zero-order valence-electron chi connectivity index (χ0n) is 32.0. The van der Waals surface area contributed by atoms with Crippen LogP contribution in [0.1, 0.15) is 27.7 Å². The van der Waals surface area contributed by atoms with Crippen LogP contribution in [-0.4, -0.2) is 24.1 Å². The van der Waals surface area contributed by atoms with Gasteiger partial charge in [0.15, 0.2) is 0 Å². The summed E-state index contributed by atoms with van der Waals surface area (Å²) in [6.45, 7) is 8.00. The first-order valence-corrected chi connectivity index (χ1v) is 19.5. The summed E-state index contributed by atoms with van der Waals surface area (Å²) in [5, 5.41) is 9.93. The first kappa shape index (κ1) is 34.6. The fourth-order valence-electron chi connectivity index (χ4n) is 8.28. The second-order valence-electron chi connectivity index (χ2n) is 13.2. The van der Waals surface area contributed by atoms with Crippen LogP contribution in [0.15, 0.2) is 176 Å². The molecule has 0 atom stereocenters. The number of aromatic nitrogens is 5. The van der Waals surface area contributed by atoms with Gasteiger partial charge in [-0.05, 0) is 82.9 Å². The average molecular weight is 724 g/mol. The van der Waals surface area contributed by atoms with E-state index in [-0.39, 0.29) is 0 Å². The summed E-state index contributed by atoms with van der Waals surface area (Å²) in [5.41, 5.74) is 10.0. The Morgan fingerprint density at radius 2 is 0.839 bits per heavy atom. The van der Waals surface area contributed by atoms with Crippen LogP contribution in [0.3, 0.4) is 0 Å². The highest BCUT2D eigenvalue weighted by molar-refractivity contribution is 6.38. The van der Waals surface area contributed by atoms with Gasteiger partial charge < -0.3 is 9.13 Å². The van der Waals surface area contributed by atoms with E-state index < -0.39 is 0 Å². The zero-order chi connectivity index (χ0) is 38.2. The number of nitrogens with zero attached hydrogens (tertiary/aromatic N) is 5. The lowest BCUT2D eigenvalue weighted by Crippen LogP contribution is -1.99. The SMILES string of the molecule is CC.CC.c1ccc(-n2c3ccc4c(c5ccccc5n4-c4cc(-c5ccccn5)nc(-c5ccccn5)c4)c3c3c4ccccc4c4ccccc4c32)cc1. The molecule has 0 aliphatic carbocycles. The second-order valence-corrected chi connectivity index (χ2v) is 13.2. The number of benzene rings is 6. The number of rotatable bonds is 4. The summed E-state index contributed by atoms with van der Waals surface area (Å²) in [6, 6.07) is 58.1. The van der Waals surface area contributed by atoms with Gasteiger partial charge >= 0.3 is 0 Å². The molecule has 270 valence electrons. The van der Waals surface area contributed by atoms with Crippen LogP contribution in [0.25, 0.3) is 99.3 Å². The molecule has 0 aliphatic rings. The number of hydrogen-bond acceptors (Lipinski definition) is 3. The Hall–Kier alpha value is -7.11. The van der Waals surface area contributed by atoms with Crippen LogP contribution in [0, 0.1) is 0 Å². The molecule has 11 aromatic rings. The van der Waals surface area contributed by atoms with Gasteiger partial charge in [0.1, 0.15) is 0 Å². The molecule has 0 radical (unpaired) electrons. The molecule has 0 spiro atoms. The lowest BCUT2D eigenvalue weighted by atomic mass is 9.95. The number of fused-ring (bicyclic) bond motifs is 12. The fourth-order valence-corrected chi connectivity index (χ4v) is 8.28. The van der Waals surface area contributed by atoms with E-state index in [0.29, 0.717) is 0 Å². The van der Waals surface area contributed by atoms with Crippen molar-refractivity contribution in [1.82, 2.24) is 24.1 Å². The van der Waals surface area contributed by atoms with Crippen molar-refractivity contribution in [3.8, 4) is 34.2 Å². The molecule has 5 heterocycles. The smallest absolute Gasteiger partial charge is 0.0915 e. The lowest BCUT2D eigenvalue weighted by molar-refractivity contribution is 1.14. The van der Waals surface area contributed by atoms with Crippen LogP contribution in [0.4, 0.5) is 0 Å². The van der Waals surface area contributed by atoms with Gasteiger partial charge in [-0.25, -0.2) is 4.98 Å². The van der Waals surface area contributed by atoms with Gasteiger partial charge in [-0.2, -0.15) is 0 Å². The molecule has 0 unspecified atom stereocenters. The Morgan fingerprint density at radius 1 is 0.339 bits per heavy atom. The Morgan fingerprint density at radius 3 is 1.45 bits per heavy atom. The minimum Gasteiger partial charge on any atom is -0.309 e. The average Bonchev–Trinajstić information content (AvgIpc) is 3.82. The van der Waals surface area contributed by atoms with Crippen molar-refractivity contribution in [2.45, 2.75) is 27.7 Å². The van der Waals surface area contributed by atoms with E-state index in [4.69, 9.17) is 15.0 Å². The minimum atomic E-state index is 0.795. The van der Waals surface area contributed by atoms with Crippen LogP contribution in [0.5, 0.6) is 0 Å². The van der Waals surface area contributed by atoms with E-state index in [1.54, 1.807) is 0 Å². The largest absolute Gasteiger partial charge is 0.309 e. The van der Waals surface area contributed by atoms with Crippen LogP contribution in [-0.2, 0) is 0 Å². The van der Waals surface area contributed by atoms with Crippen LogP contribution >= 0.6 is 0 Å². The molecule has 0 amide bonds. The summed E-state index contributed by atoms with van der Waals surface area (Å²) >= 11 is 0. The first-order valence-electron chi connectivity index (χ1n) is 19.5. The van der Waals surface area contributed by atoms with E-state index >= 15 is 0 Å². The van der Waals surface area contributed by atoms with Gasteiger partial charge in [0.05, 0.1) is 50.5 Å². The molecule has 5 aromatic heterocycles. The molecule has 5 nitrogen and oxygen atoms in total. The maximum atomic E-state index is 5.09. The fraction of sp³-hybridized carbons (Fsp3) is 0.0784. The topological polar surface area (TPSA) is 48.5 Å². The monoisotopic (exact) mass is 723 g/mol. The summed E-state index contributed by atoms with van der Waals surface area (Å²) in [5.74, 6) is 0. The summed E-state index contributed by atoms with van der Waals surface area (Å²) < 4.78 is 4.86. The normalized spacial score (nSPS) is 11.2. The van der Waals surface area contributed by atoms with Gasteiger partial charge in [-0.3, -0.25) is 9.97 Å². The van der Waals surface area contributed by atoms with Gasteiger partial charge in [0.25, 0.3) is 0 Å². The maximum absolute atomic E-state index is 5.09. The Balaban J connectivity index is 0.000000994. The van der Waals surface area contributed by atoms with Gasteiger partial charge in [-0.1, -0.05) is 125 Å².